The molecule has 0 fully saturated rings. The van der Waals surface area contributed by atoms with Crippen molar-refractivity contribution in [3.63, 3.8) is 0 Å². The van der Waals surface area contributed by atoms with Gasteiger partial charge in [0.15, 0.2) is 11.6 Å². The lowest BCUT2D eigenvalue weighted by Crippen LogP contribution is -2.51. The van der Waals surface area contributed by atoms with Gasteiger partial charge in [-0.2, -0.15) is 0 Å². The van der Waals surface area contributed by atoms with Crippen molar-refractivity contribution in [3.05, 3.63) is 0 Å². The summed E-state index contributed by atoms with van der Waals surface area (Å²) in [6, 6.07) is 0. The van der Waals surface area contributed by atoms with Crippen molar-refractivity contribution in [2.24, 2.45) is 0 Å². The first-order valence-corrected chi connectivity index (χ1v) is 13.9. The molecule has 9 nitrogen and oxygen atoms in total. The molecule has 0 aromatic carbocycles. The van der Waals surface area contributed by atoms with Crippen molar-refractivity contribution in [3.8, 4) is 0 Å². The van der Waals surface area contributed by atoms with Crippen LogP contribution < -0.4 is 0 Å². The highest BCUT2D eigenvalue weighted by molar-refractivity contribution is 5.91. The van der Waals surface area contributed by atoms with Crippen LogP contribution in [0.1, 0.15) is 116 Å². The molecule has 0 heterocycles. The van der Waals surface area contributed by atoms with Crippen LogP contribution in [0.3, 0.4) is 0 Å². The van der Waals surface area contributed by atoms with E-state index in [1.54, 1.807) is 0 Å². The largest absolute Gasteiger partial charge is 0.396 e. The van der Waals surface area contributed by atoms with Gasteiger partial charge in [0.05, 0.1) is 6.10 Å². The highest BCUT2D eigenvalue weighted by atomic mass is 16.4. The molecule has 214 valence electrons. The van der Waals surface area contributed by atoms with E-state index in [1.165, 1.54) is 0 Å². The zero-order valence-electron chi connectivity index (χ0n) is 22.1. The molecule has 0 radical (unpaired) electrons. The van der Waals surface area contributed by atoms with Crippen LogP contribution in [0.5, 0.6) is 0 Å². The Morgan fingerprint density at radius 2 is 0.889 bits per heavy atom. The molecule has 0 saturated carbocycles. The fourth-order valence-corrected chi connectivity index (χ4v) is 4.18. The van der Waals surface area contributed by atoms with Gasteiger partial charge in [0, 0.05) is 6.61 Å². The lowest BCUT2D eigenvalue weighted by Gasteiger charge is -2.24. The van der Waals surface area contributed by atoms with Crippen LogP contribution in [0.2, 0.25) is 0 Å². The van der Waals surface area contributed by atoms with Crippen molar-refractivity contribution in [1.29, 1.82) is 0 Å². The van der Waals surface area contributed by atoms with E-state index in [4.69, 9.17) is 5.11 Å². The first-order valence-electron chi connectivity index (χ1n) is 13.9. The Morgan fingerprint density at radius 1 is 0.528 bits per heavy atom. The van der Waals surface area contributed by atoms with Crippen LogP contribution in [0.25, 0.3) is 0 Å². The first kappa shape index (κ1) is 35.1. The Kier molecular flexibility index (Phi) is 21.5. The average molecular weight is 521 g/mol. The maximum absolute atomic E-state index is 12.2. The van der Waals surface area contributed by atoms with Gasteiger partial charge in [0.25, 0.3) is 0 Å². The molecule has 0 aliphatic rings. The van der Waals surface area contributed by atoms with Gasteiger partial charge < -0.3 is 35.7 Å². The third-order valence-electron chi connectivity index (χ3n) is 6.68. The predicted molar refractivity (Wildman–Crippen MR) is 137 cm³/mol. The SMILES string of the molecule is CCCCC(O)CCCCCC(O)C(=O)C(O)C(O)C(O)C(=O)C(O)CCCCCCCCCCO. The van der Waals surface area contributed by atoms with Crippen LogP contribution in [-0.2, 0) is 9.59 Å². The lowest BCUT2D eigenvalue weighted by molar-refractivity contribution is -0.156. The Labute approximate surface area is 216 Å². The van der Waals surface area contributed by atoms with Crippen LogP contribution in [0, 0.1) is 0 Å². The Morgan fingerprint density at radius 3 is 1.33 bits per heavy atom. The number of unbranched alkanes of at least 4 members (excludes halogenated alkanes) is 10. The molecule has 0 spiro atoms. The summed E-state index contributed by atoms with van der Waals surface area (Å²) < 4.78 is 0. The van der Waals surface area contributed by atoms with Gasteiger partial charge >= 0.3 is 0 Å². The maximum Gasteiger partial charge on any atom is 0.192 e. The van der Waals surface area contributed by atoms with Gasteiger partial charge in [-0.1, -0.05) is 84.0 Å². The van der Waals surface area contributed by atoms with E-state index in [-0.39, 0.29) is 25.6 Å². The smallest absolute Gasteiger partial charge is 0.192 e. The number of hydrogen-bond donors (Lipinski definition) is 7. The molecule has 0 saturated heterocycles. The fourth-order valence-electron chi connectivity index (χ4n) is 4.18. The topological polar surface area (TPSA) is 176 Å². The molecule has 0 amide bonds. The third-order valence-corrected chi connectivity index (χ3v) is 6.68. The van der Waals surface area contributed by atoms with Gasteiger partial charge in [0.2, 0.25) is 0 Å². The minimum absolute atomic E-state index is 0.0573. The van der Waals surface area contributed by atoms with Gasteiger partial charge in [-0.3, -0.25) is 9.59 Å². The number of carbonyl (C=O) groups excluding carboxylic acids is 2. The number of ketones is 2. The minimum Gasteiger partial charge on any atom is -0.396 e. The Bertz CT molecular complexity index is 557. The van der Waals surface area contributed by atoms with E-state index in [1.807, 2.05) is 0 Å². The molecular weight excluding hydrogens is 468 g/mol. The molecular formula is C27H52O9. The van der Waals surface area contributed by atoms with Crippen LogP contribution in [0.15, 0.2) is 0 Å². The third kappa shape index (κ3) is 16.0. The zero-order chi connectivity index (χ0) is 27.3. The second-order valence-corrected chi connectivity index (χ2v) is 9.99. The molecule has 0 rings (SSSR count). The second kappa shape index (κ2) is 22.1. The van der Waals surface area contributed by atoms with Crippen LogP contribution in [-0.4, -0.2) is 90.5 Å². The minimum atomic E-state index is -2.15. The number of aliphatic hydroxyl groups excluding tert-OH is 7. The van der Waals surface area contributed by atoms with Crippen molar-refractivity contribution in [2.75, 3.05) is 6.61 Å². The molecule has 6 atom stereocenters. The van der Waals surface area contributed by atoms with E-state index in [0.717, 1.165) is 70.6 Å². The van der Waals surface area contributed by atoms with Gasteiger partial charge in [-0.25, -0.2) is 0 Å². The number of rotatable bonds is 25. The van der Waals surface area contributed by atoms with Crippen molar-refractivity contribution >= 4 is 11.6 Å². The summed E-state index contributed by atoms with van der Waals surface area (Å²) in [6.45, 7) is 2.27. The van der Waals surface area contributed by atoms with Crippen molar-refractivity contribution < 1.29 is 45.3 Å². The van der Waals surface area contributed by atoms with Crippen LogP contribution >= 0.6 is 0 Å². The number of hydrogen-bond acceptors (Lipinski definition) is 9. The van der Waals surface area contributed by atoms with Crippen molar-refractivity contribution in [2.45, 2.75) is 153 Å². The van der Waals surface area contributed by atoms with E-state index < -0.39 is 42.1 Å². The summed E-state index contributed by atoms with van der Waals surface area (Å²) in [4.78, 5) is 24.5. The highest BCUT2D eigenvalue weighted by Crippen LogP contribution is 2.16. The molecule has 0 bridgehead atoms. The van der Waals surface area contributed by atoms with Gasteiger partial charge in [-0.15, -0.1) is 0 Å². The quantitative estimate of drug-likeness (QED) is 0.0887. The standard InChI is InChI=1S/C27H52O9/c1-2-3-15-20(29)16-11-10-13-18-22(31)24(33)26(35)27(36)25(34)23(32)21(30)17-12-8-6-4-5-7-9-14-19-28/h20-22,25-31,34-36H,2-19H2,1H3. The second-order valence-electron chi connectivity index (χ2n) is 9.99. The van der Waals surface area contributed by atoms with E-state index in [9.17, 15) is 40.2 Å². The highest BCUT2D eigenvalue weighted by Gasteiger charge is 2.38. The molecule has 0 aromatic heterocycles. The molecule has 0 aromatic rings. The predicted octanol–water partition coefficient (Wildman–Crippen LogP) is 1.93. The molecule has 7 N–H and O–H groups in total. The molecule has 0 aliphatic heterocycles. The molecule has 9 heteroatoms. The van der Waals surface area contributed by atoms with E-state index in [0.29, 0.717) is 25.7 Å². The zero-order valence-corrected chi connectivity index (χ0v) is 22.1. The van der Waals surface area contributed by atoms with Gasteiger partial charge in [0.1, 0.15) is 30.5 Å². The van der Waals surface area contributed by atoms with E-state index in [2.05, 4.69) is 6.92 Å². The van der Waals surface area contributed by atoms with Crippen molar-refractivity contribution in [1.82, 2.24) is 0 Å². The monoisotopic (exact) mass is 520 g/mol. The number of aliphatic hydroxyl groups is 7. The number of carbonyl (C=O) groups is 2. The van der Waals surface area contributed by atoms with E-state index >= 15 is 0 Å². The Balaban J connectivity index is 4.21. The summed E-state index contributed by atoms with van der Waals surface area (Å²) in [7, 11) is 0. The lowest BCUT2D eigenvalue weighted by atomic mass is 9.93. The summed E-state index contributed by atoms with van der Waals surface area (Å²) in [5, 5.41) is 68.9. The summed E-state index contributed by atoms with van der Waals surface area (Å²) >= 11 is 0. The number of Topliss-reactive ketones (excluding diaryl/α,β-unsaturated/α-hetero) is 2. The maximum atomic E-state index is 12.2. The summed E-state index contributed by atoms with van der Waals surface area (Å²) in [6.07, 6.45) is 2.88. The fraction of sp³-hybridized carbons (Fsp3) is 0.926. The molecule has 36 heavy (non-hydrogen) atoms. The summed E-state index contributed by atoms with van der Waals surface area (Å²) in [5.41, 5.74) is 0. The average Bonchev–Trinajstić information content (AvgIpc) is 2.88. The molecule has 6 unspecified atom stereocenters. The molecule has 0 aliphatic carbocycles. The first-order chi connectivity index (χ1) is 17.2. The summed E-state index contributed by atoms with van der Waals surface area (Å²) in [5.74, 6) is -2.14. The normalized spacial score (nSPS) is 16.8. The van der Waals surface area contributed by atoms with Gasteiger partial charge in [-0.05, 0) is 32.1 Å². The van der Waals surface area contributed by atoms with Crippen LogP contribution in [0.4, 0.5) is 0 Å². The Hall–Kier alpha value is -0.940.